The van der Waals surface area contributed by atoms with Gasteiger partial charge in [-0.05, 0) is 51.1 Å². The Bertz CT molecular complexity index is 880. The minimum Gasteiger partial charge on any atom is -0.350 e. The molecule has 2 aromatic rings. The van der Waals surface area contributed by atoms with E-state index in [1.165, 1.54) is 18.2 Å². The summed E-state index contributed by atoms with van der Waals surface area (Å²) in [5, 5.41) is 14.4. The van der Waals surface area contributed by atoms with Crippen LogP contribution in [0.2, 0.25) is 5.02 Å². The van der Waals surface area contributed by atoms with Crippen LogP contribution in [0.25, 0.3) is 0 Å². The maximum absolute atomic E-state index is 14.5. The van der Waals surface area contributed by atoms with Crippen LogP contribution in [0.4, 0.5) is 10.1 Å². The first-order valence-corrected chi connectivity index (χ1v) is 9.48. The van der Waals surface area contributed by atoms with Crippen LogP contribution in [-0.4, -0.2) is 35.4 Å². The molecule has 1 aliphatic rings. The Hall–Kier alpha value is -2.51. The van der Waals surface area contributed by atoms with Gasteiger partial charge in [-0.3, -0.25) is 19.8 Å². The molecule has 148 valence electrons. The van der Waals surface area contributed by atoms with Crippen LogP contribution < -0.4 is 5.32 Å². The van der Waals surface area contributed by atoms with E-state index in [2.05, 4.69) is 10.2 Å². The largest absolute Gasteiger partial charge is 0.350 e. The van der Waals surface area contributed by atoms with Crippen molar-refractivity contribution in [3.63, 3.8) is 0 Å². The Balaban J connectivity index is 1.86. The summed E-state index contributed by atoms with van der Waals surface area (Å²) in [6, 6.07) is 8.67. The van der Waals surface area contributed by atoms with E-state index >= 15 is 0 Å². The summed E-state index contributed by atoms with van der Waals surface area (Å²) in [6.45, 7) is 3.23. The molecule has 1 heterocycles. The number of nitrogens with one attached hydrogen (secondary N) is 1. The zero-order valence-corrected chi connectivity index (χ0v) is 16.2. The fourth-order valence-electron chi connectivity index (χ4n) is 3.67. The second-order valence-corrected chi connectivity index (χ2v) is 7.24. The van der Waals surface area contributed by atoms with E-state index in [1.54, 1.807) is 25.1 Å². The number of benzene rings is 2. The number of carbonyl (C=O) groups is 1. The fraction of sp³-hybridized carbons (Fsp3) is 0.350. The second-order valence-electron chi connectivity index (χ2n) is 6.83. The lowest BCUT2D eigenvalue weighted by atomic mass is 10.0. The molecule has 0 aromatic heterocycles. The predicted molar refractivity (Wildman–Crippen MR) is 105 cm³/mol. The predicted octanol–water partition coefficient (Wildman–Crippen LogP) is 4.26. The Labute approximate surface area is 167 Å². The van der Waals surface area contributed by atoms with Crippen molar-refractivity contribution >= 4 is 23.2 Å². The molecular formula is C20H21ClFN3O3. The third-order valence-corrected chi connectivity index (χ3v) is 5.36. The number of likely N-dealkylation sites (tertiary alicyclic amines) is 1. The molecule has 3 rings (SSSR count). The maximum atomic E-state index is 14.5. The van der Waals surface area contributed by atoms with Gasteiger partial charge in [0.2, 0.25) is 0 Å². The number of nitro benzene ring substituents is 1. The second kappa shape index (κ2) is 8.67. The van der Waals surface area contributed by atoms with E-state index in [0.717, 1.165) is 25.9 Å². The van der Waals surface area contributed by atoms with Crippen molar-refractivity contribution in [2.24, 2.45) is 0 Å². The minimum absolute atomic E-state index is 0.00944. The Morgan fingerprint density at radius 2 is 1.96 bits per heavy atom. The van der Waals surface area contributed by atoms with Gasteiger partial charge in [0.15, 0.2) is 0 Å². The molecule has 1 amide bonds. The molecule has 1 saturated heterocycles. The maximum Gasteiger partial charge on any atom is 0.285 e. The lowest BCUT2D eigenvalue weighted by molar-refractivity contribution is -0.385. The molecule has 0 radical (unpaired) electrons. The first-order valence-electron chi connectivity index (χ1n) is 9.10. The van der Waals surface area contributed by atoms with Gasteiger partial charge in [-0.1, -0.05) is 29.8 Å². The Morgan fingerprint density at radius 1 is 1.29 bits per heavy atom. The minimum atomic E-state index is -0.563. The monoisotopic (exact) mass is 405 g/mol. The molecule has 0 saturated carbocycles. The summed E-state index contributed by atoms with van der Waals surface area (Å²) in [4.78, 5) is 25.6. The molecule has 1 aliphatic heterocycles. The number of nitro groups is 1. The lowest BCUT2D eigenvalue weighted by Gasteiger charge is -2.29. The van der Waals surface area contributed by atoms with Crippen molar-refractivity contribution in [1.29, 1.82) is 0 Å². The lowest BCUT2D eigenvalue weighted by Crippen LogP contribution is -2.37. The summed E-state index contributed by atoms with van der Waals surface area (Å²) in [7, 11) is 0. The zero-order chi connectivity index (χ0) is 20.3. The summed E-state index contributed by atoms with van der Waals surface area (Å²) < 4.78 is 14.5. The molecular weight excluding hydrogens is 385 g/mol. The van der Waals surface area contributed by atoms with Gasteiger partial charge >= 0.3 is 0 Å². The van der Waals surface area contributed by atoms with Crippen LogP contribution >= 0.6 is 11.6 Å². The number of para-hydroxylation sites is 1. The summed E-state index contributed by atoms with van der Waals surface area (Å²) in [5.41, 5.74) is 0.516. The van der Waals surface area contributed by atoms with Crippen molar-refractivity contribution in [2.45, 2.75) is 25.8 Å². The molecule has 1 fully saturated rings. The molecule has 2 aromatic carbocycles. The van der Waals surface area contributed by atoms with Crippen LogP contribution in [0.1, 0.15) is 40.4 Å². The number of hydrogen-bond donors (Lipinski definition) is 1. The van der Waals surface area contributed by atoms with Gasteiger partial charge in [0.1, 0.15) is 11.4 Å². The third-order valence-electron chi connectivity index (χ3n) is 5.04. The Morgan fingerprint density at radius 3 is 2.61 bits per heavy atom. The normalized spacial score (nSPS) is 15.4. The van der Waals surface area contributed by atoms with Gasteiger partial charge < -0.3 is 5.32 Å². The molecule has 0 aliphatic carbocycles. The highest BCUT2D eigenvalue weighted by molar-refractivity contribution is 6.31. The van der Waals surface area contributed by atoms with Gasteiger partial charge in [0.25, 0.3) is 11.6 Å². The molecule has 8 heteroatoms. The summed E-state index contributed by atoms with van der Waals surface area (Å²) in [6.07, 6.45) is 1.97. The number of nitrogens with zero attached hydrogens (tertiary/aromatic N) is 2. The van der Waals surface area contributed by atoms with Gasteiger partial charge in [0, 0.05) is 22.7 Å². The average Bonchev–Trinajstić information content (AvgIpc) is 3.17. The van der Waals surface area contributed by atoms with E-state index in [0.29, 0.717) is 16.1 Å². The van der Waals surface area contributed by atoms with Crippen molar-refractivity contribution in [3.05, 3.63) is 74.0 Å². The van der Waals surface area contributed by atoms with Gasteiger partial charge in [-0.15, -0.1) is 0 Å². The zero-order valence-electron chi connectivity index (χ0n) is 15.5. The van der Waals surface area contributed by atoms with Crippen molar-refractivity contribution < 1.29 is 14.1 Å². The van der Waals surface area contributed by atoms with E-state index in [9.17, 15) is 19.3 Å². The van der Waals surface area contributed by atoms with Crippen molar-refractivity contribution in [3.8, 4) is 0 Å². The van der Waals surface area contributed by atoms with Crippen LogP contribution in [-0.2, 0) is 0 Å². The topological polar surface area (TPSA) is 75.5 Å². The Kier molecular flexibility index (Phi) is 6.26. The smallest absolute Gasteiger partial charge is 0.285 e. The number of amides is 1. The highest BCUT2D eigenvalue weighted by Crippen LogP contribution is 2.32. The number of aryl methyl sites for hydroxylation is 1. The molecule has 28 heavy (non-hydrogen) atoms. The highest BCUT2D eigenvalue weighted by Gasteiger charge is 2.29. The first-order chi connectivity index (χ1) is 13.4. The van der Waals surface area contributed by atoms with E-state index < -0.39 is 22.7 Å². The summed E-state index contributed by atoms with van der Waals surface area (Å²) in [5.74, 6) is -0.993. The van der Waals surface area contributed by atoms with Crippen molar-refractivity contribution in [1.82, 2.24) is 10.2 Å². The van der Waals surface area contributed by atoms with E-state index in [4.69, 9.17) is 11.6 Å². The van der Waals surface area contributed by atoms with E-state index in [-0.39, 0.29) is 17.8 Å². The summed E-state index contributed by atoms with van der Waals surface area (Å²) >= 11 is 6.25. The van der Waals surface area contributed by atoms with Crippen LogP contribution in [0.3, 0.4) is 0 Å². The van der Waals surface area contributed by atoms with Crippen LogP contribution in [0, 0.1) is 22.9 Å². The number of carbonyl (C=O) groups excluding carboxylic acids is 1. The SMILES string of the molecule is Cc1cccc(C(=O)NCC(c2c(F)cccc2Cl)N2CCCC2)c1[N+](=O)[O-]. The standard InChI is InChI=1S/C20H21ClFN3O3/c1-13-6-4-7-14(19(13)25(27)28)20(26)23-12-17(24-10-2-3-11-24)18-15(21)8-5-9-16(18)22/h4-9,17H,2-3,10-12H2,1H3,(H,23,26). The van der Waals surface area contributed by atoms with Crippen LogP contribution in [0.15, 0.2) is 36.4 Å². The molecule has 1 unspecified atom stereocenters. The van der Waals surface area contributed by atoms with Gasteiger partial charge in [-0.25, -0.2) is 4.39 Å². The third kappa shape index (κ3) is 4.15. The highest BCUT2D eigenvalue weighted by atomic mass is 35.5. The van der Waals surface area contributed by atoms with E-state index in [1.807, 2.05) is 0 Å². The molecule has 1 atom stereocenters. The van der Waals surface area contributed by atoms with Crippen molar-refractivity contribution in [2.75, 3.05) is 19.6 Å². The molecule has 6 nitrogen and oxygen atoms in total. The molecule has 0 spiro atoms. The number of hydrogen-bond acceptors (Lipinski definition) is 4. The average molecular weight is 406 g/mol. The quantitative estimate of drug-likeness (QED) is 0.575. The molecule has 0 bridgehead atoms. The van der Waals surface area contributed by atoms with Crippen LogP contribution in [0.5, 0.6) is 0 Å². The first kappa shape index (κ1) is 20.2. The fourth-order valence-corrected chi connectivity index (χ4v) is 3.95. The molecule has 1 N–H and O–H groups in total. The number of rotatable bonds is 6. The van der Waals surface area contributed by atoms with Gasteiger partial charge in [-0.2, -0.15) is 0 Å². The van der Waals surface area contributed by atoms with Gasteiger partial charge in [0.05, 0.1) is 11.0 Å². The number of halogens is 2.